The predicted molar refractivity (Wildman–Crippen MR) is 98.0 cm³/mol. The minimum absolute atomic E-state index is 0.0745. The third-order valence-corrected chi connectivity index (χ3v) is 6.40. The number of fused-ring (bicyclic) bond motifs is 2. The van der Waals surface area contributed by atoms with E-state index in [-0.39, 0.29) is 11.9 Å². The molecular formula is C22H24FNO2. The van der Waals surface area contributed by atoms with Gasteiger partial charge in [0.25, 0.3) is 0 Å². The van der Waals surface area contributed by atoms with Gasteiger partial charge in [0.1, 0.15) is 11.6 Å². The molecule has 1 N–H and O–H groups in total. The lowest BCUT2D eigenvalue weighted by atomic mass is 9.87. The Labute approximate surface area is 153 Å². The van der Waals surface area contributed by atoms with E-state index in [2.05, 4.69) is 23.1 Å². The number of likely N-dealkylation sites (tertiary alicyclic amines) is 1. The lowest BCUT2D eigenvalue weighted by Gasteiger charge is -2.37. The van der Waals surface area contributed by atoms with E-state index < -0.39 is 6.10 Å². The molecule has 3 nitrogen and oxygen atoms in total. The summed E-state index contributed by atoms with van der Waals surface area (Å²) in [5, 5.41) is 10.7. The van der Waals surface area contributed by atoms with E-state index in [4.69, 9.17) is 4.74 Å². The van der Waals surface area contributed by atoms with Gasteiger partial charge in [-0.1, -0.05) is 24.3 Å². The summed E-state index contributed by atoms with van der Waals surface area (Å²) < 4.78 is 19.4. The minimum atomic E-state index is -0.508. The first-order chi connectivity index (χ1) is 12.7. The maximum absolute atomic E-state index is 13.5. The first-order valence-corrected chi connectivity index (χ1v) is 9.66. The van der Waals surface area contributed by atoms with Gasteiger partial charge in [-0.05, 0) is 72.7 Å². The highest BCUT2D eigenvalue weighted by molar-refractivity contribution is 5.46. The average Bonchev–Trinajstić information content (AvgIpc) is 3.26. The van der Waals surface area contributed by atoms with Crippen LogP contribution in [0.2, 0.25) is 0 Å². The number of hydrogen-bond donors (Lipinski definition) is 1. The van der Waals surface area contributed by atoms with E-state index in [1.54, 1.807) is 12.1 Å². The Morgan fingerprint density at radius 3 is 2.73 bits per heavy atom. The number of halogens is 1. The normalized spacial score (nSPS) is 25.8. The van der Waals surface area contributed by atoms with Crippen LogP contribution < -0.4 is 4.74 Å². The summed E-state index contributed by atoms with van der Waals surface area (Å²) in [5.41, 5.74) is 4.55. The van der Waals surface area contributed by atoms with Gasteiger partial charge in [0, 0.05) is 12.5 Å². The number of para-hydroxylation sites is 1. The minimum Gasteiger partial charge on any atom is -0.493 e. The van der Waals surface area contributed by atoms with Crippen LogP contribution in [0.25, 0.3) is 0 Å². The lowest BCUT2D eigenvalue weighted by molar-refractivity contribution is 0.0456. The van der Waals surface area contributed by atoms with Crippen molar-refractivity contribution in [1.29, 1.82) is 0 Å². The van der Waals surface area contributed by atoms with Crippen molar-refractivity contribution in [3.8, 4) is 5.75 Å². The number of aliphatic hydroxyl groups is 1. The summed E-state index contributed by atoms with van der Waals surface area (Å²) in [6.07, 6.45) is 3.40. The van der Waals surface area contributed by atoms with Gasteiger partial charge in [0.15, 0.2) is 0 Å². The Bertz CT molecular complexity index is 829. The van der Waals surface area contributed by atoms with Crippen molar-refractivity contribution in [3.63, 3.8) is 0 Å². The molecule has 0 amide bonds. The maximum atomic E-state index is 13.5. The molecule has 1 aliphatic carbocycles. The topological polar surface area (TPSA) is 32.7 Å². The second kappa shape index (κ2) is 6.36. The Morgan fingerprint density at radius 1 is 1.04 bits per heavy atom. The van der Waals surface area contributed by atoms with Crippen LogP contribution in [0.5, 0.6) is 5.75 Å². The van der Waals surface area contributed by atoms with Crippen molar-refractivity contribution in [2.45, 2.75) is 43.7 Å². The number of nitrogens with zero attached hydrogens (tertiary/aromatic N) is 1. The average molecular weight is 353 g/mol. The molecular weight excluding hydrogens is 329 g/mol. The highest BCUT2D eigenvalue weighted by atomic mass is 19.1. The van der Waals surface area contributed by atoms with Gasteiger partial charge in [0.2, 0.25) is 0 Å². The molecule has 0 aromatic heterocycles. The molecule has 26 heavy (non-hydrogen) atoms. The van der Waals surface area contributed by atoms with Gasteiger partial charge in [-0.2, -0.15) is 0 Å². The Hall–Kier alpha value is -1.91. The molecule has 0 spiro atoms. The zero-order valence-corrected chi connectivity index (χ0v) is 14.8. The predicted octanol–water partition coefficient (Wildman–Crippen LogP) is 3.60. The Kier molecular flexibility index (Phi) is 3.98. The van der Waals surface area contributed by atoms with Crippen LogP contribution in [0, 0.1) is 5.82 Å². The third-order valence-electron chi connectivity index (χ3n) is 6.40. The zero-order chi connectivity index (χ0) is 17.7. The molecule has 0 radical (unpaired) electrons. The SMILES string of the molecule is O[C@H]1c2ccc(F)cc2C[C@@H]1N1CCC(c2cccc3c2OCC3)CC1. The summed E-state index contributed by atoms with van der Waals surface area (Å²) in [6.45, 7) is 2.73. The number of rotatable bonds is 2. The van der Waals surface area contributed by atoms with Crippen LogP contribution in [0.4, 0.5) is 4.39 Å². The molecule has 1 fully saturated rings. The number of aliphatic hydroxyl groups excluding tert-OH is 1. The fourth-order valence-electron chi connectivity index (χ4n) is 5.02. The van der Waals surface area contributed by atoms with E-state index in [0.29, 0.717) is 5.92 Å². The summed E-state index contributed by atoms with van der Waals surface area (Å²) in [4.78, 5) is 2.39. The standard InChI is InChI=1S/C22H24FNO2/c23-17-4-5-18-16(12-17)13-20(21(18)25)24-9-6-14(7-10-24)19-3-1-2-15-8-11-26-22(15)19/h1-5,12,14,20-21,25H,6-11,13H2/t20-,21-/m0/s1. The second-order valence-electron chi connectivity index (χ2n) is 7.80. The molecule has 2 aliphatic heterocycles. The summed E-state index contributed by atoms with van der Waals surface area (Å²) in [6, 6.07) is 11.4. The van der Waals surface area contributed by atoms with E-state index in [0.717, 1.165) is 62.3 Å². The summed E-state index contributed by atoms with van der Waals surface area (Å²) >= 11 is 0. The van der Waals surface area contributed by atoms with Gasteiger partial charge < -0.3 is 9.84 Å². The Balaban J connectivity index is 1.29. The molecule has 2 aromatic rings. The van der Waals surface area contributed by atoms with Gasteiger partial charge in [-0.3, -0.25) is 4.90 Å². The largest absolute Gasteiger partial charge is 0.493 e. The van der Waals surface area contributed by atoms with Gasteiger partial charge in [-0.25, -0.2) is 4.39 Å². The number of benzene rings is 2. The monoisotopic (exact) mass is 353 g/mol. The van der Waals surface area contributed by atoms with Crippen LogP contribution in [0.15, 0.2) is 36.4 Å². The molecule has 0 bridgehead atoms. The van der Waals surface area contributed by atoms with Crippen LogP contribution in [-0.4, -0.2) is 35.7 Å². The van der Waals surface area contributed by atoms with Gasteiger partial charge >= 0.3 is 0 Å². The quantitative estimate of drug-likeness (QED) is 0.895. The summed E-state index contributed by atoms with van der Waals surface area (Å²) in [7, 11) is 0. The van der Waals surface area contributed by atoms with Crippen molar-refractivity contribution in [3.05, 3.63) is 64.5 Å². The molecule has 136 valence electrons. The van der Waals surface area contributed by atoms with Crippen molar-refractivity contribution < 1.29 is 14.2 Å². The van der Waals surface area contributed by atoms with Crippen molar-refractivity contribution >= 4 is 0 Å². The summed E-state index contributed by atoms with van der Waals surface area (Å²) in [5.74, 6) is 1.43. The van der Waals surface area contributed by atoms with Crippen molar-refractivity contribution in [2.24, 2.45) is 0 Å². The van der Waals surface area contributed by atoms with Crippen LogP contribution in [0.3, 0.4) is 0 Å². The first kappa shape index (κ1) is 16.3. The molecule has 2 aromatic carbocycles. The van der Waals surface area contributed by atoms with E-state index in [1.165, 1.54) is 17.2 Å². The fraction of sp³-hybridized carbons (Fsp3) is 0.455. The highest BCUT2D eigenvalue weighted by Gasteiger charge is 2.37. The Morgan fingerprint density at radius 2 is 1.88 bits per heavy atom. The molecule has 1 saturated heterocycles. The molecule has 2 atom stereocenters. The van der Waals surface area contributed by atoms with E-state index in [1.807, 2.05) is 0 Å². The van der Waals surface area contributed by atoms with Gasteiger partial charge in [-0.15, -0.1) is 0 Å². The smallest absolute Gasteiger partial charge is 0.126 e. The van der Waals surface area contributed by atoms with Crippen LogP contribution in [0.1, 0.15) is 47.1 Å². The molecule has 5 rings (SSSR count). The van der Waals surface area contributed by atoms with Crippen LogP contribution in [-0.2, 0) is 12.8 Å². The van der Waals surface area contributed by atoms with Gasteiger partial charge in [0.05, 0.1) is 12.7 Å². The van der Waals surface area contributed by atoms with Crippen molar-refractivity contribution in [2.75, 3.05) is 19.7 Å². The molecule has 4 heteroatoms. The van der Waals surface area contributed by atoms with Crippen molar-refractivity contribution in [1.82, 2.24) is 4.90 Å². The molecule has 0 saturated carbocycles. The second-order valence-corrected chi connectivity index (χ2v) is 7.80. The number of piperidine rings is 1. The molecule has 0 unspecified atom stereocenters. The fourth-order valence-corrected chi connectivity index (χ4v) is 5.02. The van der Waals surface area contributed by atoms with E-state index >= 15 is 0 Å². The lowest BCUT2D eigenvalue weighted by Crippen LogP contribution is -2.43. The number of ether oxygens (including phenoxy) is 1. The van der Waals surface area contributed by atoms with E-state index in [9.17, 15) is 9.50 Å². The molecule has 2 heterocycles. The zero-order valence-electron chi connectivity index (χ0n) is 14.8. The maximum Gasteiger partial charge on any atom is 0.126 e. The van der Waals surface area contributed by atoms with Crippen LogP contribution >= 0.6 is 0 Å². The number of hydrogen-bond acceptors (Lipinski definition) is 3. The highest BCUT2D eigenvalue weighted by Crippen LogP contribution is 2.41. The first-order valence-electron chi connectivity index (χ1n) is 9.66. The third kappa shape index (κ3) is 2.63. The molecule has 3 aliphatic rings.